The van der Waals surface area contributed by atoms with E-state index in [1.165, 1.54) is 0 Å². The maximum Gasteiger partial charge on any atom is 0.410 e. The molecule has 1 aliphatic heterocycles. The number of carbonyl (C=O) groups excluding carboxylic acids is 1. The molecule has 6 heteroatoms. The first-order valence-corrected chi connectivity index (χ1v) is 7.97. The Labute approximate surface area is 137 Å². The predicted octanol–water partition coefficient (Wildman–Crippen LogP) is 3.05. The number of nitrogens with one attached hydrogen (secondary N) is 1. The van der Waals surface area contributed by atoms with Gasteiger partial charge < -0.3 is 15.0 Å². The standard InChI is InChI=1S/C16H24ClN3O2/c1-11(12-5-6-14(17)19-9-12)13-10-20(8-7-18-13)15(21)22-16(2,3)4/h5-6,9,11,13,18H,7-8,10H2,1-4H3. The molecule has 0 spiro atoms. The van der Waals surface area contributed by atoms with Crippen molar-refractivity contribution in [2.75, 3.05) is 19.6 Å². The van der Waals surface area contributed by atoms with Crippen molar-refractivity contribution in [3.8, 4) is 0 Å². The van der Waals surface area contributed by atoms with E-state index < -0.39 is 5.60 Å². The highest BCUT2D eigenvalue weighted by atomic mass is 35.5. The lowest BCUT2D eigenvalue weighted by Crippen LogP contribution is -2.55. The second-order valence-electron chi connectivity index (χ2n) is 6.69. The molecule has 1 fully saturated rings. The van der Waals surface area contributed by atoms with Crippen molar-refractivity contribution in [2.24, 2.45) is 0 Å². The van der Waals surface area contributed by atoms with Crippen molar-refractivity contribution in [1.82, 2.24) is 15.2 Å². The molecule has 0 aliphatic carbocycles. The van der Waals surface area contributed by atoms with Crippen molar-refractivity contribution in [3.05, 3.63) is 29.0 Å². The van der Waals surface area contributed by atoms with Crippen LogP contribution in [0, 0.1) is 0 Å². The van der Waals surface area contributed by atoms with E-state index in [0.717, 1.165) is 12.1 Å². The van der Waals surface area contributed by atoms with E-state index in [9.17, 15) is 4.79 Å². The van der Waals surface area contributed by atoms with Crippen LogP contribution in [0.15, 0.2) is 18.3 Å². The number of aromatic nitrogens is 1. The Hall–Kier alpha value is -1.33. The first-order valence-electron chi connectivity index (χ1n) is 7.59. The summed E-state index contributed by atoms with van der Waals surface area (Å²) in [5.41, 5.74) is 0.635. The Morgan fingerprint density at radius 2 is 2.23 bits per heavy atom. The van der Waals surface area contributed by atoms with Gasteiger partial charge in [-0.3, -0.25) is 0 Å². The molecule has 1 aliphatic rings. The van der Waals surface area contributed by atoms with Gasteiger partial charge in [-0.25, -0.2) is 9.78 Å². The smallest absolute Gasteiger partial charge is 0.410 e. The lowest BCUT2D eigenvalue weighted by atomic mass is 9.93. The zero-order valence-corrected chi connectivity index (χ0v) is 14.4. The van der Waals surface area contributed by atoms with E-state index in [-0.39, 0.29) is 18.1 Å². The molecular formula is C16H24ClN3O2. The summed E-state index contributed by atoms with van der Waals surface area (Å²) in [6, 6.07) is 3.94. The first-order chi connectivity index (χ1) is 10.3. The fourth-order valence-corrected chi connectivity index (χ4v) is 2.61. The van der Waals surface area contributed by atoms with Crippen LogP contribution >= 0.6 is 11.6 Å². The van der Waals surface area contributed by atoms with Gasteiger partial charge in [0.2, 0.25) is 0 Å². The summed E-state index contributed by atoms with van der Waals surface area (Å²) in [5, 5.41) is 3.96. The van der Waals surface area contributed by atoms with Crippen molar-refractivity contribution in [2.45, 2.75) is 45.3 Å². The van der Waals surface area contributed by atoms with Crippen molar-refractivity contribution in [1.29, 1.82) is 0 Å². The van der Waals surface area contributed by atoms with Gasteiger partial charge in [0.25, 0.3) is 0 Å². The van der Waals surface area contributed by atoms with E-state index >= 15 is 0 Å². The summed E-state index contributed by atoms with van der Waals surface area (Å²) in [7, 11) is 0. The molecule has 1 amide bonds. The molecule has 5 nitrogen and oxygen atoms in total. The number of halogens is 1. The first kappa shape index (κ1) is 17.0. The highest BCUT2D eigenvalue weighted by Crippen LogP contribution is 2.22. The number of rotatable bonds is 2. The summed E-state index contributed by atoms with van der Waals surface area (Å²) in [6.07, 6.45) is 1.54. The largest absolute Gasteiger partial charge is 0.444 e. The molecule has 1 aromatic heterocycles. The lowest BCUT2D eigenvalue weighted by molar-refractivity contribution is 0.0188. The second kappa shape index (κ2) is 6.84. The van der Waals surface area contributed by atoms with Gasteiger partial charge in [0.05, 0.1) is 0 Å². The van der Waals surface area contributed by atoms with Crippen molar-refractivity contribution < 1.29 is 9.53 Å². The molecule has 0 aromatic carbocycles. The highest BCUT2D eigenvalue weighted by Gasteiger charge is 2.30. The van der Waals surface area contributed by atoms with Crippen LogP contribution in [-0.4, -0.2) is 47.3 Å². The number of hydrogen-bond acceptors (Lipinski definition) is 4. The molecule has 0 saturated carbocycles. The Morgan fingerprint density at radius 3 is 2.82 bits per heavy atom. The maximum atomic E-state index is 12.2. The maximum absolute atomic E-state index is 12.2. The molecule has 0 radical (unpaired) electrons. The molecule has 1 N–H and O–H groups in total. The molecule has 1 aromatic rings. The number of amides is 1. The third-order valence-corrected chi connectivity index (χ3v) is 3.96. The second-order valence-corrected chi connectivity index (χ2v) is 7.08. The SMILES string of the molecule is CC(c1ccc(Cl)nc1)C1CN(C(=O)OC(C)(C)C)CCN1. The molecule has 122 valence electrons. The highest BCUT2D eigenvalue weighted by molar-refractivity contribution is 6.29. The predicted molar refractivity (Wildman–Crippen MR) is 87.3 cm³/mol. The fraction of sp³-hybridized carbons (Fsp3) is 0.625. The van der Waals surface area contributed by atoms with E-state index in [1.54, 1.807) is 17.2 Å². The van der Waals surface area contributed by atoms with Crippen LogP contribution in [0.4, 0.5) is 4.79 Å². The average molecular weight is 326 g/mol. The number of hydrogen-bond donors (Lipinski definition) is 1. The zero-order valence-electron chi connectivity index (χ0n) is 13.6. The fourth-order valence-electron chi connectivity index (χ4n) is 2.49. The van der Waals surface area contributed by atoms with Gasteiger partial charge in [0.1, 0.15) is 10.8 Å². The van der Waals surface area contributed by atoms with E-state index in [4.69, 9.17) is 16.3 Å². The molecule has 1 saturated heterocycles. The average Bonchev–Trinajstić information content (AvgIpc) is 2.46. The summed E-state index contributed by atoms with van der Waals surface area (Å²) in [6.45, 7) is 9.82. The van der Waals surface area contributed by atoms with Gasteiger partial charge in [-0.15, -0.1) is 0 Å². The number of piperazine rings is 1. The molecule has 2 unspecified atom stereocenters. The quantitative estimate of drug-likeness (QED) is 0.849. The minimum atomic E-state index is -0.469. The number of ether oxygens (including phenoxy) is 1. The molecular weight excluding hydrogens is 302 g/mol. The van der Waals surface area contributed by atoms with Gasteiger partial charge in [0.15, 0.2) is 0 Å². The monoisotopic (exact) mass is 325 g/mol. The summed E-state index contributed by atoms with van der Waals surface area (Å²) in [5.74, 6) is 0.231. The Kier molecular flexibility index (Phi) is 5.29. The van der Waals surface area contributed by atoms with Crippen LogP contribution in [0.2, 0.25) is 5.15 Å². The van der Waals surface area contributed by atoms with Gasteiger partial charge in [-0.05, 0) is 38.3 Å². The Morgan fingerprint density at radius 1 is 1.50 bits per heavy atom. The third kappa shape index (κ3) is 4.58. The van der Waals surface area contributed by atoms with Crippen LogP contribution in [-0.2, 0) is 4.74 Å². The van der Waals surface area contributed by atoms with Gasteiger partial charge in [-0.2, -0.15) is 0 Å². The van der Waals surface area contributed by atoms with Crippen LogP contribution in [0.5, 0.6) is 0 Å². The Balaban J connectivity index is 2.00. The number of carbonyl (C=O) groups is 1. The van der Waals surface area contributed by atoms with Crippen molar-refractivity contribution in [3.63, 3.8) is 0 Å². The van der Waals surface area contributed by atoms with E-state index in [0.29, 0.717) is 18.2 Å². The summed E-state index contributed by atoms with van der Waals surface area (Å²) < 4.78 is 5.46. The van der Waals surface area contributed by atoms with E-state index in [1.807, 2.05) is 26.8 Å². The van der Waals surface area contributed by atoms with Crippen LogP contribution < -0.4 is 5.32 Å². The van der Waals surface area contributed by atoms with Gasteiger partial charge in [-0.1, -0.05) is 24.6 Å². The molecule has 0 bridgehead atoms. The molecule has 2 heterocycles. The van der Waals surface area contributed by atoms with E-state index in [2.05, 4.69) is 17.2 Å². The van der Waals surface area contributed by atoms with Crippen LogP contribution in [0.3, 0.4) is 0 Å². The minimum absolute atomic E-state index is 0.171. The Bertz CT molecular complexity index is 513. The molecule has 2 atom stereocenters. The van der Waals surface area contributed by atoms with Gasteiger partial charge in [0, 0.05) is 31.9 Å². The summed E-state index contributed by atoms with van der Waals surface area (Å²) in [4.78, 5) is 18.1. The molecule has 22 heavy (non-hydrogen) atoms. The number of nitrogens with zero attached hydrogens (tertiary/aromatic N) is 2. The zero-order chi connectivity index (χ0) is 16.3. The normalized spacial score (nSPS) is 20.6. The minimum Gasteiger partial charge on any atom is -0.444 e. The van der Waals surface area contributed by atoms with Gasteiger partial charge >= 0.3 is 6.09 Å². The molecule has 2 rings (SSSR count). The lowest BCUT2D eigenvalue weighted by Gasteiger charge is -2.37. The van der Waals surface area contributed by atoms with Crippen molar-refractivity contribution >= 4 is 17.7 Å². The third-order valence-electron chi connectivity index (χ3n) is 3.74. The van der Waals surface area contributed by atoms with Crippen LogP contribution in [0.1, 0.15) is 39.2 Å². The summed E-state index contributed by atoms with van der Waals surface area (Å²) >= 11 is 5.83. The topological polar surface area (TPSA) is 54.5 Å². The van der Waals surface area contributed by atoms with Crippen LogP contribution in [0.25, 0.3) is 0 Å². The number of pyridine rings is 1.